The van der Waals surface area contributed by atoms with Crippen molar-refractivity contribution in [3.8, 4) is 0 Å². The number of amides is 1. The number of thioether (sulfide) groups is 1. The Balaban J connectivity index is 1.72. The summed E-state index contributed by atoms with van der Waals surface area (Å²) in [5.41, 5.74) is 2.41. The number of nitrogens with one attached hydrogen (secondary N) is 1. The molecular weight excluding hydrogens is 350 g/mol. The Morgan fingerprint density at radius 1 is 1.31 bits per heavy atom. The van der Waals surface area contributed by atoms with Crippen molar-refractivity contribution in [1.29, 1.82) is 0 Å². The summed E-state index contributed by atoms with van der Waals surface area (Å²) < 4.78 is 5.48. The van der Waals surface area contributed by atoms with Crippen LogP contribution in [0.2, 0.25) is 0 Å². The molecule has 2 aromatic rings. The van der Waals surface area contributed by atoms with E-state index in [9.17, 15) is 4.79 Å². The lowest BCUT2D eigenvalue weighted by Gasteiger charge is -2.23. The molecule has 0 saturated carbocycles. The third-order valence-electron chi connectivity index (χ3n) is 3.68. The van der Waals surface area contributed by atoms with Crippen molar-refractivity contribution in [3.05, 3.63) is 35.7 Å². The Kier molecular flexibility index (Phi) is 7.93. The fourth-order valence-corrected chi connectivity index (χ4v) is 3.04. The van der Waals surface area contributed by atoms with E-state index in [0.29, 0.717) is 24.2 Å². The van der Waals surface area contributed by atoms with Crippen molar-refractivity contribution < 1.29 is 9.21 Å². The van der Waals surface area contributed by atoms with Crippen molar-refractivity contribution >= 4 is 23.4 Å². The average molecular weight is 378 g/mol. The Morgan fingerprint density at radius 3 is 2.81 bits per heavy atom. The first-order valence-corrected chi connectivity index (χ1v) is 9.64. The van der Waals surface area contributed by atoms with E-state index in [4.69, 9.17) is 4.42 Å². The molecule has 0 aliphatic carbocycles. The van der Waals surface area contributed by atoms with Crippen molar-refractivity contribution in [3.63, 3.8) is 0 Å². The third kappa shape index (κ3) is 6.68. The van der Waals surface area contributed by atoms with Gasteiger partial charge in [-0.15, -0.1) is 10.2 Å². The molecule has 142 valence electrons. The zero-order valence-electron chi connectivity index (χ0n) is 15.9. The highest BCUT2D eigenvalue weighted by molar-refractivity contribution is 7.99. The Hall–Kier alpha value is -2.06. The number of carbonyl (C=O) groups excluding carboxylic acids is 1. The van der Waals surface area contributed by atoms with Crippen molar-refractivity contribution in [2.75, 3.05) is 44.4 Å². The second kappa shape index (κ2) is 10.2. The van der Waals surface area contributed by atoms with Crippen LogP contribution in [-0.2, 0) is 11.3 Å². The molecule has 1 amide bonds. The number of rotatable bonds is 10. The molecule has 0 aliphatic heterocycles. The number of aryl methyl sites for hydroxylation is 1. The van der Waals surface area contributed by atoms with Crippen molar-refractivity contribution in [1.82, 2.24) is 20.4 Å². The largest absolute Gasteiger partial charge is 0.415 e. The smallest absolute Gasteiger partial charge is 0.277 e. The number of nitrogens with zero attached hydrogens (tertiary/aromatic N) is 4. The molecule has 2 rings (SSSR count). The third-order valence-corrected chi connectivity index (χ3v) is 4.50. The van der Waals surface area contributed by atoms with Gasteiger partial charge in [0, 0.05) is 25.3 Å². The molecule has 0 aliphatic rings. The van der Waals surface area contributed by atoms with Gasteiger partial charge in [0.2, 0.25) is 11.8 Å². The average Bonchev–Trinajstić information content (AvgIpc) is 3.03. The van der Waals surface area contributed by atoms with Crippen LogP contribution in [-0.4, -0.2) is 60.5 Å². The minimum Gasteiger partial charge on any atom is -0.415 e. The van der Waals surface area contributed by atoms with E-state index in [1.807, 2.05) is 19.0 Å². The summed E-state index contributed by atoms with van der Waals surface area (Å²) in [6.45, 7) is 7.04. The first-order valence-electron chi connectivity index (χ1n) is 8.66. The second-order valence-electron chi connectivity index (χ2n) is 6.26. The monoisotopic (exact) mass is 377 g/mol. The highest BCUT2D eigenvalue weighted by Crippen LogP contribution is 2.16. The van der Waals surface area contributed by atoms with Crippen LogP contribution in [0.25, 0.3) is 0 Å². The van der Waals surface area contributed by atoms with Crippen LogP contribution in [0.1, 0.15) is 18.4 Å². The summed E-state index contributed by atoms with van der Waals surface area (Å²) in [7, 11) is 3.86. The van der Waals surface area contributed by atoms with Gasteiger partial charge in [0.1, 0.15) is 0 Å². The summed E-state index contributed by atoms with van der Waals surface area (Å²) in [6, 6.07) is 8.38. The van der Waals surface area contributed by atoms with Crippen LogP contribution in [0.5, 0.6) is 0 Å². The standard InChI is InChI=1S/C18H27N5O2S/c1-5-23(15-8-6-7-14(2)11-15)10-9-19-16(24)13-26-18-21-20-17(25-18)12-22(3)4/h6-8,11H,5,9-10,12-13H2,1-4H3,(H,19,24). The summed E-state index contributed by atoms with van der Waals surface area (Å²) in [5.74, 6) is 0.775. The maximum absolute atomic E-state index is 12.0. The topological polar surface area (TPSA) is 74.5 Å². The van der Waals surface area contributed by atoms with E-state index in [1.54, 1.807) is 0 Å². The number of aromatic nitrogens is 2. The van der Waals surface area contributed by atoms with Gasteiger partial charge in [0.05, 0.1) is 12.3 Å². The van der Waals surface area contributed by atoms with Gasteiger partial charge in [0.15, 0.2) is 0 Å². The Morgan fingerprint density at radius 2 is 2.12 bits per heavy atom. The maximum Gasteiger partial charge on any atom is 0.277 e. The van der Waals surface area contributed by atoms with Crippen LogP contribution in [0.15, 0.2) is 33.9 Å². The molecule has 0 saturated heterocycles. The molecule has 8 heteroatoms. The van der Waals surface area contributed by atoms with Crippen molar-refractivity contribution in [2.24, 2.45) is 0 Å². The Bertz CT molecular complexity index is 704. The van der Waals surface area contributed by atoms with E-state index in [-0.39, 0.29) is 11.7 Å². The molecular formula is C18H27N5O2S. The summed E-state index contributed by atoms with van der Waals surface area (Å²) >= 11 is 1.25. The first-order chi connectivity index (χ1) is 12.5. The number of hydrogen-bond acceptors (Lipinski definition) is 7. The minimum absolute atomic E-state index is 0.0392. The molecule has 0 fully saturated rings. The number of carbonyl (C=O) groups is 1. The van der Waals surface area contributed by atoms with Crippen LogP contribution in [0.4, 0.5) is 5.69 Å². The highest BCUT2D eigenvalue weighted by atomic mass is 32.2. The summed E-state index contributed by atoms with van der Waals surface area (Å²) in [5, 5.41) is 11.3. The van der Waals surface area contributed by atoms with Crippen LogP contribution < -0.4 is 10.2 Å². The first kappa shape index (κ1) is 20.3. The van der Waals surface area contributed by atoms with Gasteiger partial charge in [-0.1, -0.05) is 23.9 Å². The molecule has 1 heterocycles. The zero-order chi connectivity index (χ0) is 18.9. The van der Waals surface area contributed by atoms with Crippen molar-refractivity contribution in [2.45, 2.75) is 25.6 Å². The molecule has 1 N–H and O–H groups in total. The lowest BCUT2D eigenvalue weighted by atomic mass is 10.2. The Labute approximate surface area is 159 Å². The zero-order valence-corrected chi connectivity index (χ0v) is 16.7. The molecule has 0 radical (unpaired) electrons. The summed E-state index contributed by atoms with van der Waals surface area (Å²) in [6.07, 6.45) is 0. The molecule has 1 aromatic carbocycles. The van der Waals surface area contributed by atoms with E-state index in [1.165, 1.54) is 23.0 Å². The molecule has 0 unspecified atom stereocenters. The lowest BCUT2D eigenvalue weighted by Crippen LogP contribution is -2.35. The van der Waals surface area contributed by atoms with Gasteiger partial charge in [-0.25, -0.2) is 0 Å². The fourth-order valence-electron chi connectivity index (χ4n) is 2.43. The van der Waals surface area contributed by atoms with Gasteiger partial charge in [-0.3, -0.25) is 4.79 Å². The van der Waals surface area contributed by atoms with E-state index in [0.717, 1.165) is 13.1 Å². The predicted octanol–water partition coefficient (Wildman–Crippen LogP) is 2.17. The predicted molar refractivity (Wildman–Crippen MR) is 104 cm³/mol. The molecule has 0 spiro atoms. The van der Waals surface area contributed by atoms with Crippen LogP contribution >= 0.6 is 11.8 Å². The highest BCUT2D eigenvalue weighted by Gasteiger charge is 2.11. The van der Waals surface area contributed by atoms with Gasteiger partial charge in [-0.2, -0.15) is 0 Å². The fraction of sp³-hybridized carbons (Fsp3) is 0.500. The van der Waals surface area contributed by atoms with Crippen LogP contribution in [0.3, 0.4) is 0 Å². The van der Waals surface area contributed by atoms with Gasteiger partial charge < -0.3 is 19.5 Å². The van der Waals surface area contributed by atoms with Gasteiger partial charge in [-0.05, 0) is 45.6 Å². The molecule has 26 heavy (non-hydrogen) atoms. The molecule has 7 nitrogen and oxygen atoms in total. The molecule has 0 atom stereocenters. The lowest BCUT2D eigenvalue weighted by molar-refractivity contribution is -0.118. The SMILES string of the molecule is CCN(CCNC(=O)CSc1nnc(CN(C)C)o1)c1cccc(C)c1. The van der Waals surface area contributed by atoms with E-state index in [2.05, 4.69) is 58.5 Å². The minimum atomic E-state index is -0.0392. The van der Waals surface area contributed by atoms with E-state index < -0.39 is 0 Å². The summed E-state index contributed by atoms with van der Waals surface area (Å²) in [4.78, 5) is 16.2. The number of anilines is 1. The second-order valence-corrected chi connectivity index (χ2v) is 7.18. The molecule has 1 aromatic heterocycles. The van der Waals surface area contributed by atoms with E-state index >= 15 is 0 Å². The number of benzene rings is 1. The normalized spacial score (nSPS) is 11.0. The molecule has 0 bridgehead atoms. The van der Waals surface area contributed by atoms with Crippen LogP contribution in [0, 0.1) is 6.92 Å². The maximum atomic E-state index is 12.0. The quantitative estimate of drug-likeness (QED) is 0.636. The van der Waals surface area contributed by atoms with Gasteiger partial charge in [0.25, 0.3) is 5.22 Å². The van der Waals surface area contributed by atoms with Gasteiger partial charge >= 0.3 is 0 Å². The number of likely N-dealkylation sites (N-methyl/N-ethyl adjacent to an activating group) is 1. The number of hydrogen-bond donors (Lipinski definition) is 1.